The summed E-state index contributed by atoms with van der Waals surface area (Å²) in [6, 6.07) is 0.296. The normalized spacial score (nSPS) is 18.5. The third kappa shape index (κ3) is 4.87. The van der Waals surface area contributed by atoms with Crippen LogP contribution in [0.1, 0.15) is 26.7 Å². The fraction of sp³-hybridized carbons (Fsp3) is 0.692. The molecule has 1 rings (SSSR count). The third-order valence-corrected chi connectivity index (χ3v) is 3.16. The lowest BCUT2D eigenvalue weighted by Gasteiger charge is -2.31. The van der Waals surface area contributed by atoms with Gasteiger partial charge in [-0.2, -0.15) is 0 Å². The van der Waals surface area contributed by atoms with E-state index in [1.54, 1.807) is 13.8 Å². The van der Waals surface area contributed by atoms with Gasteiger partial charge in [0.1, 0.15) is 0 Å². The topological polar surface area (TPSA) is 58.6 Å². The molecule has 0 aromatic carbocycles. The second-order valence-corrected chi connectivity index (χ2v) is 4.65. The van der Waals surface area contributed by atoms with Crippen molar-refractivity contribution in [2.75, 3.05) is 26.7 Å². The lowest BCUT2D eigenvalue weighted by atomic mass is 10.0. The van der Waals surface area contributed by atoms with Gasteiger partial charge in [0.05, 0.1) is 7.11 Å². The molecule has 18 heavy (non-hydrogen) atoms. The first kappa shape index (κ1) is 14.7. The van der Waals surface area contributed by atoms with Gasteiger partial charge in [0.25, 0.3) is 0 Å². The van der Waals surface area contributed by atoms with Crippen LogP contribution in [0.15, 0.2) is 11.6 Å². The molecular weight excluding hydrogens is 232 g/mol. The standard InChI is InChI=1S/C13H22N2O3/c1-10(13(17)18-3)4-7-15-8-5-12(6-9-15)14-11(2)16/h4,12H,5-9H2,1-3H3,(H,14,16). The second kappa shape index (κ2) is 7.16. The minimum Gasteiger partial charge on any atom is -0.466 e. The van der Waals surface area contributed by atoms with Gasteiger partial charge in [-0.25, -0.2) is 4.79 Å². The summed E-state index contributed by atoms with van der Waals surface area (Å²) in [4.78, 5) is 24.4. The van der Waals surface area contributed by atoms with Crippen molar-refractivity contribution in [3.63, 3.8) is 0 Å². The number of ether oxygens (including phenoxy) is 1. The fourth-order valence-electron chi connectivity index (χ4n) is 2.06. The average Bonchev–Trinajstić information content (AvgIpc) is 2.36. The number of amides is 1. The van der Waals surface area contributed by atoms with Crippen molar-refractivity contribution in [3.8, 4) is 0 Å². The number of carbonyl (C=O) groups is 2. The largest absolute Gasteiger partial charge is 0.466 e. The second-order valence-electron chi connectivity index (χ2n) is 4.65. The van der Waals surface area contributed by atoms with E-state index in [-0.39, 0.29) is 11.9 Å². The summed E-state index contributed by atoms with van der Waals surface area (Å²) in [6.07, 6.45) is 3.82. The van der Waals surface area contributed by atoms with Gasteiger partial charge in [0, 0.05) is 38.2 Å². The van der Waals surface area contributed by atoms with Crippen molar-refractivity contribution in [2.24, 2.45) is 0 Å². The van der Waals surface area contributed by atoms with Gasteiger partial charge in [-0.15, -0.1) is 0 Å². The summed E-state index contributed by atoms with van der Waals surface area (Å²) in [5.74, 6) is -0.238. The molecule has 0 aliphatic carbocycles. The first-order valence-electron chi connectivity index (χ1n) is 6.27. The number of piperidine rings is 1. The van der Waals surface area contributed by atoms with E-state index in [2.05, 4.69) is 15.0 Å². The summed E-state index contributed by atoms with van der Waals surface area (Å²) in [7, 11) is 1.39. The lowest BCUT2D eigenvalue weighted by Crippen LogP contribution is -2.44. The Morgan fingerprint density at radius 2 is 1.94 bits per heavy atom. The number of nitrogens with one attached hydrogen (secondary N) is 1. The van der Waals surface area contributed by atoms with Gasteiger partial charge < -0.3 is 10.1 Å². The van der Waals surface area contributed by atoms with Crippen LogP contribution >= 0.6 is 0 Å². The van der Waals surface area contributed by atoms with E-state index in [0.29, 0.717) is 11.6 Å². The summed E-state index contributed by atoms with van der Waals surface area (Å²) in [5.41, 5.74) is 0.640. The van der Waals surface area contributed by atoms with Crippen molar-refractivity contribution in [3.05, 3.63) is 11.6 Å². The molecule has 1 aliphatic rings. The minimum absolute atomic E-state index is 0.0369. The van der Waals surface area contributed by atoms with Gasteiger partial charge in [0.15, 0.2) is 0 Å². The molecule has 0 atom stereocenters. The highest BCUT2D eigenvalue weighted by Gasteiger charge is 2.18. The Balaban J connectivity index is 2.31. The molecular formula is C13H22N2O3. The lowest BCUT2D eigenvalue weighted by molar-refractivity contribution is -0.136. The molecule has 5 heteroatoms. The number of carbonyl (C=O) groups excluding carboxylic acids is 2. The molecule has 1 fully saturated rings. The maximum absolute atomic E-state index is 11.2. The van der Waals surface area contributed by atoms with Crippen LogP contribution in [0, 0.1) is 0 Å². The molecule has 1 N–H and O–H groups in total. The number of rotatable bonds is 4. The van der Waals surface area contributed by atoms with E-state index < -0.39 is 0 Å². The Kier molecular flexibility index (Phi) is 5.85. The number of esters is 1. The van der Waals surface area contributed by atoms with Gasteiger partial charge in [-0.3, -0.25) is 9.69 Å². The summed E-state index contributed by atoms with van der Waals surface area (Å²) in [5, 5.41) is 2.94. The summed E-state index contributed by atoms with van der Waals surface area (Å²) >= 11 is 0. The van der Waals surface area contributed by atoms with Gasteiger partial charge in [0.2, 0.25) is 5.91 Å². The van der Waals surface area contributed by atoms with E-state index in [4.69, 9.17) is 0 Å². The van der Waals surface area contributed by atoms with Crippen molar-refractivity contribution in [2.45, 2.75) is 32.7 Å². The highest BCUT2D eigenvalue weighted by Crippen LogP contribution is 2.10. The maximum Gasteiger partial charge on any atom is 0.333 e. The Morgan fingerprint density at radius 1 is 1.33 bits per heavy atom. The Bertz CT molecular complexity index is 331. The smallest absolute Gasteiger partial charge is 0.333 e. The SMILES string of the molecule is COC(=O)C(C)=CCN1CCC(NC(C)=O)CC1. The molecule has 0 bridgehead atoms. The van der Waals surface area contributed by atoms with Crippen LogP contribution in [0.4, 0.5) is 0 Å². The van der Waals surface area contributed by atoms with Crippen LogP contribution in [0.5, 0.6) is 0 Å². The van der Waals surface area contributed by atoms with E-state index >= 15 is 0 Å². The number of hydrogen-bond donors (Lipinski definition) is 1. The van der Waals surface area contributed by atoms with Gasteiger partial charge in [-0.05, 0) is 19.8 Å². The quantitative estimate of drug-likeness (QED) is 0.593. The van der Waals surface area contributed by atoms with Crippen LogP contribution < -0.4 is 5.32 Å². The first-order chi connectivity index (χ1) is 8.52. The van der Waals surface area contributed by atoms with Crippen LogP contribution in [-0.2, 0) is 14.3 Å². The predicted molar refractivity (Wildman–Crippen MR) is 69.1 cm³/mol. The summed E-state index contributed by atoms with van der Waals surface area (Å²) < 4.78 is 4.64. The molecule has 0 unspecified atom stereocenters. The molecule has 0 saturated carbocycles. The van der Waals surface area contributed by atoms with Crippen LogP contribution in [0.2, 0.25) is 0 Å². The zero-order valence-corrected chi connectivity index (χ0v) is 11.4. The van der Waals surface area contributed by atoms with Gasteiger partial charge in [-0.1, -0.05) is 6.08 Å². The predicted octanol–water partition coefficient (Wildman–Crippen LogP) is 0.706. The molecule has 0 radical (unpaired) electrons. The van der Waals surface area contributed by atoms with Crippen molar-refractivity contribution in [1.29, 1.82) is 0 Å². The first-order valence-corrected chi connectivity index (χ1v) is 6.27. The zero-order chi connectivity index (χ0) is 13.5. The monoisotopic (exact) mass is 254 g/mol. The van der Waals surface area contributed by atoms with Crippen molar-refractivity contribution >= 4 is 11.9 Å². The van der Waals surface area contributed by atoms with Crippen LogP contribution in [0.3, 0.4) is 0 Å². The molecule has 0 aromatic rings. The summed E-state index contributed by atoms with van der Waals surface area (Å²) in [6.45, 7) is 5.95. The molecule has 102 valence electrons. The van der Waals surface area contributed by atoms with Crippen LogP contribution in [-0.4, -0.2) is 49.6 Å². The van der Waals surface area contributed by atoms with E-state index in [0.717, 1.165) is 32.5 Å². The Labute approximate surface area is 108 Å². The molecule has 0 aromatic heterocycles. The zero-order valence-electron chi connectivity index (χ0n) is 11.4. The van der Waals surface area contributed by atoms with Crippen LogP contribution in [0.25, 0.3) is 0 Å². The highest BCUT2D eigenvalue weighted by molar-refractivity contribution is 5.87. The maximum atomic E-state index is 11.2. The van der Waals surface area contributed by atoms with Crippen molar-refractivity contribution < 1.29 is 14.3 Å². The number of nitrogens with zero attached hydrogens (tertiary/aromatic N) is 1. The third-order valence-electron chi connectivity index (χ3n) is 3.16. The molecule has 1 heterocycles. The van der Waals surface area contributed by atoms with Gasteiger partial charge >= 0.3 is 5.97 Å². The van der Waals surface area contributed by atoms with E-state index in [1.807, 2.05) is 6.08 Å². The molecule has 0 spiro atoms. The molecule has 5 nitrogen and oxygen atoms in total. The number of methoxy groups -OCH3 is 1. The Hall–Kier alpha value is -1.36. The van der Waals surface area contributed by atoms with E-state index in [9.17, 15) is 9.59 Å². The fourth-order valence-corrected chi connectivity index (χ4v) is 2.06. The number of likely N-dealkylation sites (tertiary alicyclic amines) is 1. The minimum atomic E-state index is -0.275. The Morgan fingerprint density at radius 3 is 2.44 bits per heavy atom. The number of hydrogen-bond acceptors (Lipinski definition) is 4. The molecule has 1 amide bonds. The molecule has 1 saturated heterocycles. The van der Waals surface area contributed by atoms with Crippen molar-refractivity contribution in [1.82, 2.24) is 10.2 Å². The van der Waals surface area contributed by atoms with E-state index in [1.165, 1.54) is 7.11 Å². The molecule has 1 aliphatic heterocycles. The highest BCUT2D eigenvalue weighted by atomic mass is 16.5. The average molecular weight is 254 g/mol.